The van der Waals surface area contributed by atoms with E-state index < -0.39 is 0 Å². The van der Waals surface area contributed by atoms with Crippen LogP contribution in [0.2, 0.25) is 0 Å². The minimum Gasteiger partial charge on any atom is -0.299 e. The van der Waals surface area contributed by atoms with Gasteiger partial charge in [-0.05, 0) is 24.7 Å². The molecule has 1 saturated carbocycles. The fraction of sp³-hybridized carbons (Fsp3) is 0.900. The first-order valence-electron chi connectivity index (χ1n) is 4.58. The fourth-order valence-corrected chi connectivity index (χ4v) is 1.92. The smallest absolute Gasteiger partial charge is 0.136 e. The molecule has 0 N–H and O–H groups in total. The van der Waals surface area contributed by atoms with Crippen LogP contribution in [0.1, 0.15) is 46.5 Å². The predicted molar refractivity (Wildman–Crippen MR) is 46.4 cm³/mol. The molecule has 0 aromatic heterocycles. The zero-order valence-corrected chi connectivity index (χ0v) is 7.81. The van der Waals surface area contributed by atoms with Crippen molar-refractivity contribution < 1.29 is 4.79 Å². The monoisotopic (exact) mass is 154 g/mol. The lowest BCUT2D eigenvalue weighted by Crippen LogP contribution is -2.29. The minimum absolute atomic E-state index is 0.360. The van der Waals surface area contributed by atoms with Gasteiger partial charge in [0.15, 0.2) is 0 Å². The summed E-state index contributed by atoms with van der Waals surface area (Å²) in [5.74, 6) is 0.852. The summed E-state index contributed by atoms with van der Waals surface area (Å²) < 4.78 is 0. The summed E-state index contributed by atoms with van der Waals surface area (Å²) in [6.07, 6.45) is 4.03. The van der Waals surface area contributed by atoms with E-state index in [0.29, 0.717) is 17.1 Å². The Morgan fingerprint density at radius 2 is 2.18 bits per heavy atom. The van der Waals surface area contributed by atoms with Gasteiger partial charge >= 0.3 is 0 Å². The van der Waals surface area contributed by atoms with Crippen LogP contribution in [0.25, 0.3) is 0 Å². The molecule has 0 spiro atoms. The third kappa shape index (κ3) is 2.05. The molecule has 1 heteroatoms. The summed E-state index contributed by atoms with van der Waals surface area (Å²) in [6, 6.07) is 0. The van der Waals surface area contributed by atoms with Crippen LogP contribution in [0.15, 0.2) is 0 Å². The number of Topliss-reactive ketones (excluding diaryl/α,β-unsaturated/α-hetero) is 1. The zero-order chi connectivity index (χ0) is 8.48. The van der Waals surface area contributed by atoms with E-state index in [2.05, 4.69) is 20.8 Å². The maximum atomic E-state index is 11.3. The molecular weight excluding hydrogens is 136 g/mol. The molecule has 0 radical (unpaired) electrons. The molecule has 1 aliphatic carbocycles. The fourth-order valence-electron chi connectivity index (χ4n) is 1.92. The molecule has 1 fully saturated rings. The Labute approximate surface area is 69.2 Å². The van der Waals surface area contributed by atoms with Crippen molar-refractivity contribution in [3.63, 3.8) is 0 Å². The van der Waals surface area contributed by atoms with Crippen molar-refractivity contribution in [3.8, 4) is 0 Å². The minimum atomic E-state index is 0.360. The van der Waals surface area contributed by atoms with Crippen LogP contribution in [0.3, 0.4) is 0 Å². The van der Waals surface area contributed by atoms with Gasteiger partial charge in [0, 0.05) is 12.3 Å². The van der Waals surface area contributed by atoms with Gasteiger partial charge in [-0.2, -0.15) is 0 Å². The molecule has 0 unspecified atom stereocenters. The van der Waals surface area contributed by atoms with Crippen molar-refractivity contribution >= 4 is 5.78 Å². The van der Waals surface area contributed by atoms with E-state index in [-0.39, 0.29) is 0 Å². The Bertz CT molecular complexity index is 158. The number of hydrogen-bond donors (Lipinski definition) is 0. The average molecular weight is 154 g/mol. The first-order valence-corrected chi connectivity index (χ1v) is 4.58. The largest absolute Gasteiger partial charge is 0.299 e. The van der Waals surface area contributed by atoms with Crippen molar-refractivity contribution in [2.75, 3.05) is 0 Å². The van der Waals surface area contributed by atoms with Crippen LogP contribution in [0.5, 0.6) is 0 Å². The van der Waals surface area contributed by atoms with Crippen LogP contribution < -0.4 is 0 Å². The number of hydrogen-bond acceptors (Lipinski definition) is 1. The molecule has 1 rings (SSSR count). The van der Waals surface area contributed by atoms with Crippen molar-refractivity contribution in [1.29, 1.82) is 0 Å². The molecule has 0 heterocycles. The molecule has 1 atom stereocenters. The van der Waals surface area contributed by atoms with Gasteiger partial charge in [0.25, 0.3) is 0 Å². The van der Waals surface area contributed by atoms with Gasteiger partial charge in [0.2, 0.25) is 0 Å². The summed E-state index contributed by atoms with van der Waals surface area (Å²) in [5, 5.41) is 0. The Kier molecular flexibility index (Phi) is 2.36. The topological polar surface area (TPSA) is 17.1 Å². The Morgan fingerprint density at radius 1 is 1.55 bits per heavy atom. The number of rotatable bonds is 1. The van der Waals surface area contributed by atoms with Crippen LogP contribution in [-0.4, -0.2) is 5.78 Å². The Hall–Kier alpha value is -0.330. The van der Waals surface area contributed by atoms with Crippen molar-refractivity contribution in [1.82, 2.24) is 0 Å². The van der Waals surface area contributed by atoms with Crippen molar-refractivity contribution in [2.24, 2.45) is 11.3 Å². The molecule has 0 amide bonds. The lowest BCUT2D eigenvalue weighted by Gasteiger charge is -2.33. The highest BCUT2D eigenvalue weighted by Crippen LogP contribution is 2.37. The van der Waals surface area contributed by atoms with Gasteiger partial charge in [0.05, 0.1) is 0 Å². The molecule has 11 heavy (non-hydrogen) atoms. The van der Waals surface area contributed by atoms with E-state index in [1.54, 1.807) is 0 Å². The Balaban J connectivity index is 2.58. The molecule has 0 saturated heterocycles. The molecule has 1 nitrogen and oxygen atoms in total. The van der Waals surface area contributed by atoms with E-state index in [1.165, 1.54) is 0 Å². The molecule has 0 bridgehead atoms. The highest BCUT2D eigenvalue weighted by atomic mass is 16.1. The van der Waals surface area contributed by atoms with Gasteiger partial charge in [-0.15, -0.1) is 0 Å². The van der Waals surface area contributed by atoms with Gasteiger partial charge in [-0.1, -0.05) is 20.8 Å². The van der Waals surface area contributed by atoms with Crippen LogP contribution in [0.4, 0.5) is 0 Å². The van der Waals surface area contributed by atoms with Gasteiger partial charge in [-0.3, -0.25) is 4.79 Å². The van der Waals surface area contributed by atoms with E-state index in [4.69, 9.17) is 0 Å². The molecule has 0 aliphatic heterocycles. The van der Waals surface area contributed by atoms with Crippen molar-refractivity contribution in [3.05, 3.63) is 0 Å². The van der Waals surface area contributed by atoms with Gasteiger partial charge in [-0.25, -0.2) is 0 Å². The lowest BCUT2D eigenvalue weighted by atomic mass is 9.71. The van der Waals surface area contributed by atoms with Crippen LogP contribution in [0, 0.1) is 11.3 Å². The second kappa shape index (κ2) is 2.96. The molecule has 0 aromatic carbocycles. The van der Waals surface area contributed by atoms with E-state index >= 15 is 0 Å². The third-order valence-electron chi connectivity index (χ3n) is 2.80. The number of carbonyl (C=O) groups is 1. The standard InChI is InChI=1S/C10H18O/c1-4-8-7-10(2,3)6-5-9(8)11/h8H,4-7H2,1-3H3/t8-/m0/s1. The highest BCUT2D eigenvalue weighted by Gasteiger charge is 2.31. The van der Waals surface area contributed by atoms with Gasteiger partial charge in [0.1, 0.15) is 5.78 Å². The highest BCUT2D eigenvalue weighted by molar-refractivity contribution is 5.81. The summed E-state index contributed by atoms with van der Waals surface area (Å²) in [4.78, 5) is 11.3. The van der Waals surface area contributed by atoms with Crippen LogP contribution >= 0.6 is 0 Å². The van der Waals surface area contributed by atoms with E-state index in [1.807, 2.05) is 0 Å². The normalized spacial score (nSPS) is 30.5. The quantitative estimate of drug-likeness (QED) is 0.567. The second-order valence-electron chi connectivity index (χ2n) is 4.44. The average Bonchev–Trinajstić information content (AvgIpc) is 1.94. The summed E-state index contributed by atoms with van der Waals surface area (Å²) >= 11 is 0. The first kappa shape index (κ1) is 8.76. The first-order chi connectivity index (χ1) is 5.05. The van der Waals surface area contributed by atoms with Gasteiger partial charge < -0.3 is 0 Å². The zero-order valence-electron chi connectivity index (χ0n) is 7.81. The van der Waals surface area contributed by atoms with E-state index in [0.717, 1.165) is 25.7 Å². The maximum absolute atomic E-state index is 11.3. The number of carbonyl (C=O) groups excluding carboxylic acids is 1. The molecule has 64 valence electrons. The second-order valence-corrected chi connectivity index (χ2v) is 4.44. The van der Waals surface area contributed by atoms with E-state index in [9.17, 15) is 4.79 Å². The van der Waals surface area contributed by atoms with Crippen LogP contribution in [-0.2, 0) is 4.79 Å². The summed E-state index contributed by atoms with van der Waals surface area (Å²) in [6.45, 7) is 6.65. The molecule has 1 aliphatic rings. The summed E-state index contributed by atoms with van der Waals surface area (Å²) in [5.41, 5.74) is 0.411. The molecular formula is C10H18O. The summed E-state index contributed by atoms with van der Waals surface area (Å²) in [7, 11) is 0. The predicted octanol–water partition coefficient (Wildman–Crippen LogP) is 2.79. The lowest BCUT2D eigenvalue weighted by molar-refractivity contribution is -0.127. The number of ketones is 1. The third-order valence-corrected chi connectivity index (χ3v) is 2.80. The maximum Gasteiger partial charge on any atom is 0.136 e. The Morgan fingerprint density at radius 3 is 2.64 bits per heavy atom. The molecule has 0 aromatic rings. The SMILES string of the molecule is CC[C@H]1CC(C)(C)CCC1=O. The van der Waals surface area contributed by atoms with Crippen molar-refractivity contribution in [2.45, 2.75) is 46.5 Å².